The van der Waals surface area contributed by atoms with Crippen LogP contribution >= 0.6 is 0 Å². The van der Waals surface area contributed by atoms with Crippen LogP contribution in [0.2, 0.25) is 0 Å². The third-order valence-corrected chi connectivity index (χ3v) is 4.46. The molecule has 0 saturated heterocycles. The van der Waals surface area contributed by atoms with Gasteiger partial charge in [-0.1, -0.05) is 25.3 Å². The minimum atomic E-state index is -0.265. The molecule has 0 radical (unpaired) electrons. The van der Waals surface area contributed by atoms with Gasteiger partial charge < -0.3 is 16.0 Å². The number of rotatable bonds is 4. The molecule has 1 aliphatic heterocycles. The van der Waals surface area contributed by atoms with E-state index in [-0.39, 0.29) is 24.3 Å². The number of amides is 2. The number of benzene rings is 1. The van der Waals surface area contributed by atoms with Gasteiger partial charge in [0.25, 0.3) is 0 Å². The van der Waals surface area contributed by atoms with Crippen molar-refractivity contribution in [3.8, 4) is 0 Å². The molecule has 5 heteroatoms. The molecule has 1 aromatic carbocycles. The van der Waals surface area contributed by atoms with Gasteiger partial charge in [-0.25, -0.2) is 0 Å². The van der Waals surface area contributed by atoms with Crippen molar-refractivity contribution in [2.45, 2.75) is 38.1 Å². The Balaban J connectivity index is 1.83. The van der Waals surface area contributed by atoms with Crippen molar-refractivity contribution in [3.05, 3.63) is 23.8 Å². The average molecular weight is 287 g/mol. The summed E-state index contributed by atoms with van der Waals surface area (Å²) in [4.78, 5) is 23.2. The Morgan fingerprint density at radius 2 is 1.90 bits per heavy atom. The highest BCUT2D eigenvalue weighted by molar-refractivity contribution is 6.13. The van der Waals surface area contributed by atoms with E-state index in [1.807, 2.05) is 25.2 Å². The molecule has 1 unspecified atom stereocenters. The molecule has 0 spiro atoms. The van der Waals surface area contributed by atoms with Crippen LogP contribution in [-0.2, 0) is 9.59 Å². The topological polar surface area (TPSA) is 70.2 Å². The number of carbonyl (C=O) groups excluding carboxylic acids is 2. The first-order valence-electron chi connectivity index (χ1n) is 7.56. The highest BCUT2D eigenvalue weighted by Crippen LogP contribution is 2.36. The molecule has 112 valence electrons. The zero-order valence-corrected chi connectivity index (χ0v) is 12.2. The molecular formula is C16H21N3O2. The number of hydrogen-bond acceptors (Lipinski definition) is 3. The maximum Gasteiger partial charge on any atom is 0.233 e. The van der Waals surface area contributed by atoms with Crippen LogP contribution in [0.15, 0.2) is 18.2 Å². The first-order chi connectivity index (χ1) is 10.2. The number of nitrogens with one attached hydrogen (secondary N) is 3. The van der Waals surface area contributed by atoms with E-state index < -0.39 is 0 Å². The molecule has 0 bridgehead atoms. The van der Waals surface area contributed by atoms with Crippen molar-refractivity contribution in [1.82, 2.24) is 5.32 Å². The van der Waals surface area contributed by atoms with Gasteiger partial charge in [0.1, 0.15) is 6.42 Å². The van der Waals surface area contributed by atoms with Crippen LogP contribution in [0.5, 0.6) is 0 Å². The molecule has 0 aromatic heterocycles. The molecule has 1 fully saturated rings. The fourth-order valence-electron chi connectivity index (χ4n) is 3.01. The molecule has 1 aliphatic carbocycles. The number of fused-ring (bicyclic) bond motifs is 1. The maximum absolute atomic E-state index is 11.7. The Bertz CT molecular complexity index is 567. The average Bonchev–Trinajstić information content (AvgIpc) is 2.53. The SMILES string of the molecule is CNC(CC1CCC1)c1ccc2c(c1)NC(=O)CC(=O)N2. The number of hydrogen-bond donors (Lipinski definition) is 3. The van der Waals surface area contributed by atoms with Crippen molar-refractivity contribution in [2.24, 2.45) is 5.92 Å². The lowest BCUT2D eigenvalue weighted by Gasteiger charge is -2.30. The lowest BCUT2D eigenvalue weighted by atomic mass is 9.79. The normalized spacial score (nSPS) is 19.9. The zero-order valence-electron chi connectivity index (χ0n) is 12.2. The van der Waals surface area contributed by atoms with E-state index in [4.69, 9.17) is 0 Å². The summed E-state index contributed by atoms with van der Waals surface area (Å²) in [6, 6.07) is 6.16. The third-order valence-electron chi connectivity index (χ3n) is 4.46. The Hall–Kier alpha value is -1.88. The monoisotopic (exact) mass is 287 g/mol. The summed E-state index contributed by atoms with van der Waals surface area (Å²) in [5.41, 5.74) is 2.52. The third kappa shape index (κ3) is 3.08. The highest BCUT2D eigenvalue weighted by atomic mass is 16.2. The minimum absolute atomic E-state index is 0.123. The van der Waals surface area contributed by atoms with Crippen molar-refractivity contribution in [1.29, 1.82) is 0 Å². The molecule has 3 N–H and O–H groups in total. The lowest BCUT2D eigenvalue weighted by molar-refractivity contribution is -0.123. The number of carbonyl (C=O) groups is 2. The summed E-state index contributed by atoms with van der Waals surface area (Å²) in [6.45, 7) is 0. The summed E-state index contributed by atoms with van der Waals surface area (Å²) >= 11 is 0. The van der Waals surface area contributed by atoms with Gasteiger partial charge in [0, 0.05) is 6.04 Å². The zero-order chi connectivity index (χ0) is 14.8. The van der Waals surface area contributed by atoms with E-state index in [0.29, 0.717) is 11.4 Å². The second-order valence-electron chi connectivity index (χ2n) is 5.95. The van der Waals surface area contributed by atoms with Crippen LogP contribution in [0.4, 0.5) is 11.4 Å². The van der Waals surface area contributed by atoms with Crippen LogP contribution in [-0.4, -0.2) is 18.9 Å². The molecule has 1 saturated carbocycles. The summed E-state index contributed by atoms with van der Waals surface area (Å²) in [5.74, 6) is 0.276. The standard InChI is InChI=1S/C16H21N3O2/c1-17-13(7-10-3-2-4-10)11-5-6-12-14(8-11)19-16(21)9-15(20)18-12/h5-6,8,10,13,17H,2-4,7,9H2,1H3,(H,18,20)(H,19,21). The largest absolute Gasteiger partial charge is 0.324 e. The smallest absolute Gasteiger partial charge is 0.233 e. The van der Waals surface area contributed by atoms with Gasteiger partial charge in [-0.15, -0.1) is 0 Å². The Morgan fingerprint density at radius 1 is 1.19 bits per heavy atom. The second kappa shape index (κ2) is 5.85. The molecule has 1 aromatic rings. The van der Waals surface area contributed by atoms with E-state index in [1.54, 1.807) is 0 Å². The van der Waals surface area contributed by atoms with Gasteiger partial charge in [0.05, 0.1) is 11.4 Å². The highest BCUT2D eigenvalue weighted by Gasteiger charge is 2.24. The molecule has 5 nitrogen and oxygen atoms in total. The van der Waals surface area contributed by atoms with Crippen LogP contribution in [0.1, 0.15) is 43.7 Å². The van der Waals surface area contributed by atoms with Gasteiger partial charge in [0.2, 0.25) is 11.8 Å². The van der Waals surface area contributed by atoms with Crippen LogP contribution in [0.3, 0.4) is 0 Å². The quantitative estimate of drug-likeness (QED) is 0.745. The van der Waals surface area contributed by atoms with Crippen LogP contribution in [0, 0.1) is 5.92 Å². The number of anilines is 2. The predicted molar refractivity (Wildman–Crippen MR) is 82.1 cm³/mol. The lowest BCUT2D eigenvalue weighted by Crippen LogP contribution is -2.23. The first-order valence-corrected chi connectivity index (χ1v) is 7.56. The summed E-state index contributed by atoms with van der Waals surface area (Å²) in [7, 11) is 1.97. The van der Waals surface area contributed by atoms with Crippen LogP contribution in [0.25, 0.3) is 0 Å². The van der Waals surface area contributed by atoms with E-state index in [0.717, 1.165) is 17.9 Å². The van der Waals surface area contributed by atoms with Gasteiger partial charge in [0.15, 0.2) is 0 Å². The van der Waals surface area contributed by atoms with Gasteiger partial charge in [-0.2, -0.15) is 0 Å². The van der Waals surface area contributed by atoms with Crippen LogP contribution < -0.4 is 16.0 Å². The molecule has 3 rings (SSSR count). The van der Waals surface area contributed by atoms with E-state index in [1.165, 1.54) is 19.3 Å². The predicted octanol–water partition coefficient (Wildman–Crippen LogP) is 2.42. The van der Waals surface area contributed by atoms with Gasteiger partial charge >= 0.3 is 0 Å². The minimum Gasteiger partial charge on any atom is -0.324 e. The molecule has 1 atom stereocenters. The Labute approximate surface area is 124 Å². The van der Waals surface area contributed by atoms with E-state index in [9.17, 15) is 9.59 Å². The first kappa shape index (κ1) is 14.1. The molecular weight excluding hydrogens is 266 g/mol. The summed E-state index contributed by atoms with van der Waals surface area (Å²) < 4.78 is 0. The van der Waals surface area contributed by atoms with Crippen molar-refractivity contribution >= 4 is 23.2 Å². The van der Waals surface area contributed by atoms with E-state index >= 15 is 0 Å². The van der Waals surface area contributed by atoms with Crippen molar-refractivity contribution in [3.63, 3.8) is 0 Å². The fourth-order valence-corrected chi connectivity index (χ4v) is 3.01. The van der Waals surface area contributed by atoms with Gasteiger partial charge in [-0.3, -0.25) is 9.59 Å². The maximum atomic E-state index is 11.7. The van der Waals surface area contributed by atoms with E-state index in [2.05, 4.69) is 16.0 Å². The Kier molecular flexibility index (Phi) is 3.92. The fraction of sp³-hybridized carbons (Fsp3) is 0.500. The second-order valence-corrected chi connectivity index (χ2v) is 5.95. The molecule has 1 heterocycles. The Morgan fingerprint density at radius 3 is 2.52 bits per heavy atom. The molecule has 2 aliphatic rings. The molecule has 2 amide bonds. The van der Waals surface area contributed by atoms with Crippen molar-refractivity contribution in [2.75, 3.05) is 17.7 Å². The van der Waals surface area contributed by atoms with Crippen molar-refractivity contribution < 1.29 is 9.59 Å². The van der Waals surface area contributed by atoms with Gasteiger partial charge in [-0.05, 0) is 37.1 Å². The summed E-state index contributed by atoms with van der Waals surface area (Å²) in [5, 5.41) is 8.92. The summed E-state index contributed by atoms with van der Waals surface area (Å²) in [6.07, 6.45) is 4.97. The molecule has 21 heavy (non-hydrogen) atoms.